The Kier molecular flexibility index (Phi) is 7.30. The highest BCUT2D eigenvalue weighted by Gasteiger charge is 2.27. The third kappa shape index (κ3) is 6.32. The molecule has 1 saturated carbocycles. The van der Waals surface area contributed by atoms with Gasteiger partial charge in [0.2, 0.25) is 5.91 Å². The summed E-state index contributed by atoms with van der Waals surface area (Å²) in [5.74, 6) is 0.709. The van der Waals surface area contributed by atoms with Crippen LogP contribution in [0.1, 0.15) is 63.4 Å². The summed E-state index contributed by atoms with van der Waals surface area (Å²) in [4.78, 5) is 12.3. The molecule has 150 valence electrons. The molecule has 1 heterocycles. The van der Waals surface area contributed by atoms with Crippen LogP contribution in [-0.4, -0.2) is 32.7 Å². The molecule has 0 aromatic heterocycles. The number of rotatable bonds is 7. The maximum absolute atomic E-state index is 12.7. The largest absolute Gasteiger partial charge is 0.326 e. The lowest BCUT2D eigenvalue weighted by Gasteiger charge is -2.22. The summed E-state index contributed by atoms with van der Waals surface area (Å²) in [5.41, 5.74) is 1.46. The Hall–Kier alpha value is -1.40. The standard InChI is InChI=1S/C21H32N2O3S/c24-21(10-9-17-11-13-22-14-12-17)23-19-6-4-5-18(15-19)16-27(25,26)20-7-2-1-3-8-20/h4-6,15,17,20,22H,1-3,7-14,16H2,(H,23,24). The van der Waals surface area contributed by atoms with Gasteiger partial charge in [-0.1, -0.05) is 31.4 Å². The van der Waals surface area contributed by atoms with Crippen LogP contribution >= 0.6 is 0 Å². The van der Waals surface area contributed by atoms with Crippen molar-refractivity contribution in [2.24, 2.45) is 5.92 Å². The van der Waals surface area contributed by atoms with E-state index in [1.165, 1.54) is 0 Å². The van der Waals surface area contributed by atoms with Crippen LogP contribution in [0.2, 0.25) is 0 Å². The van der Waals surface area contributed by atoms with Crippen molar-refractivity contribution in [3.8, 4) is 0 Å². The molecular formula is C21H32N2O3S. The average Bonchev–Trinajstić information content (AvgIpc) is 2.68. The monoisotopic (exact) mass is 392 g/mol. The molecule has 0 atom stereocenters. The molecule has 2 N–H and O–H groups in total. The Labute approximate surface area is 163 Å². The van der Waals surface area contributed by atoms with E-state index in [1.54, 1.807) is 0 Å². The van der Waals surface area contributed by atoms with E-state index in [-0.39, 0.29) is 16.9 Å². The summed E-state index contributed by atoms with van der Waals surface area (Å²) >= 11 is 0. The molecule has 1 aliphatic carbocycles. The third-order valence-corrected chi connectivity index (χ3v) is 8.10. The van der Waals surface area contributed by atoms with Crippen molar-refractivity contribution in [3.05, 3.63) is 29.8 Å². The van der Waals surface area contributed by atoms with E-state index in [0.29, 0.717) is 18.0 Å². The molecule has 27 heavy (non-hydrogen) atoms. The first kappa shape index (κ1) is 20.3. The van der Waals surface area contributed by atoms with Gasteiger partial charge in [-0.15, -0.1) is 0 Å². The molecule has 6 heteroatoms. The summed E-state index contributed by atoms with van der Waals surface area (Å²) < 4.78 is 25.3. The van der Waals surface area contributed by atoms with Crippen LogP contribution in [0.15, 0.2) is 24.3 Å². The van der Waals surface area contributed by atoms with Crippen LogP contribution in [0.3, 0.4) is 0 Å². The summed E-state index contributed by atoms with van der Waals surface area (Å²) in [6, 6.07) is 7.31. The van der Waals surface area contributed by atoms with Gasteiger partial charge in [0.25, 0.3) is 0 Å². The van der Waals surface area contributed by atoms with Crippen molar-refractivity contribution >= 4 is 21.4 Å². The first-order valence-electron chi connectivity index (χ1n) is 10.3. The Morgan fingerprint density at radius 3 is 2.56 bits per heavy atom. The number of anilines is 1. The molecule has 0 spiro atoms. The van der Waals surface area contributed by atoms with Crippen LogP contribution in [0.4, 0.5) is 5.69 Å². The Morgan fingerprint density at radius 1 is 1.07 bits per heavy atom. The van der Waals surface area contributed by atoms with Gasteiger partial charge in [-0.05, 0) is 68.8 Å². The first-order valence-corrected chi connectivity index (χ1v) is 12.1. The second-order valence-corrected chi connectivity index (χ2v) is 10.3. The van der Waals surface area contributed by atoms with E-state index in [2.05, 4.69) is 10.6 Å². The summed E-state index contributed by atoms with van der Waals surface area (Å²) in [6.45, 7) is 2.09. The Bertz CT molecular complexity index is 721. The van der Waals surface area contributed by atoms with Crippen LogP contribution < -0.4 is 10.6 Å². The second-order valence-electron chi connectivity index (χ2n) is 8.05. The number of amides is 1. The topological polar surface area (TPSA) is 75.3 Å². The van der Waals surface area contributed by atoms with Crippen LogP contribution in [-0.2, 0) is 20.4 Å². The molecule has 5 nitrogen and oxygen atoms in total. The molecule has 2 aliphatic rings. The van der Waals surface area contributed by atoms with E-state index >= 15 is 0 Å². The zero-order valence-electron chi connectivity index (χ0n) is 16.1. The van der Waals surface area contributed by atoms with Gasteiger partial charge in [0, 0.05) is 12.1 Å². The van der Waals surface area contributed by atoms with E-state index in [0.717, 1.165) is 70.0 Å². The fourth-order valence-corrected chi connectivity index (χ4v) is 6.17. The number of carbonyl (C=O) groups excluding carboxylic acids is 1. The number of piperidine rings is 1. The minimum Gasteiger partial charge on any atom is -0.326 e. The highest BCUT2D eigenvalue weighted by molar-refractivity contribution is 7.91. The maximum Gasteiger partial charge on any atom is 0.224 e. The Balaban J connectivity index is 1.52. The number of hydrogen-bond donors (Lipinski definition) is 2. The van der Waals surface area contributed by atoms with Crippen molar-refractivity contribution in [2.45, 2.75) is 68.8 Å². The average molecular weight is 393 g/mol. The molecule has 2 fully saturated rings. The van der Waals surface area contributed by atoms with Crippen molar-refractivity contribution in [1.82, 2.24) is 5.32 Å². The molecule has 0 unspecified atom stereocenters. The number of hydrogen-bond acceptors (Lipinski definition) is 4. The lowest BCUT2D eigenvalue weighted by Crippen LogP contribution is -2.28. The predicted molar refractivity (Wildman–Crippen MR) is 109 cm³/mol. The zero-order chi connectivity index (χ0) is 19.1. The van der Waals surface area contributed by atoms with Gasteiger partial charge in [-0.2, -0.15) is 0 Å². The zero-order valence-corrected chi connectivity index (χ0v) is 16.9. The van der Waals surface area contributed by atoms with Crippen LogP contribution in [0.25, 0.3) is 0 Å². The summed E-state index contributed by atoms with van der Waals surface area (Å²) in [5, 5.41) is 6.08. The van der Waals surface area contributed by atoms with Crippen molar-refractivity contribution < 1.29 is 13.2 Å². The van der Waals surface area contributed by atoms with Gasteiger partial charge in [0.05, 0.1) is 11.0 Å². The SMILES string of the molecule is O=C(CCC1CCNCC1)Nc1cccc(CS(=O)(=O)C2CCCCC2)c1. The lowest BCUT2D eigenvalue weighted by atomic mass is 9.93. The van der Waals surface area contributed by atoms with Gasteiger partial charge in [0.1, 0.15) is 0 Å². The van der Waals surface area contributed by atoms with E-state index in [4.69, 9.17) is 0 Å². The number of sulfone groups is 1. The molecule has 0 radical (unpaired) electrons. The van der Waals surface area contributed by atoms with Gasteiger partial charge in [-0.3, -0.25) is 4.79 Å². The molecule has 3 rings (SSSR count). The van der Waals surface area contributed by atoms with Gasteiger partial charge < -0.3 is 10.6 Å². The quantitative estimate of drug-likeness (QED) is 0.743. The predicted octanol–water partition coefficient (Wildman–Crippen LogP) is 3.65. The Morgan fingerprint density at radius 2 is 1.81 bits per heavy atom. The highest BCUT2D eigenvalue weighted by atomic mass is 32.2. The number of benzene rings is 1. The molecule has 1 saturated heterocycles. The first-order chi connectivity index (χ1) is 13.0. The fourth-order valence-electron chi connectivity index (χ4n) is 4.24. The van der Waals surface area contributed by atoms with Crippen molar-refractivity contribution in [3.63, 3.8) is 0 Å². The maximum atomic E-state index is 12.7. The van der Waals surface area contributed by atoms with Crippen LogP contribution in [0.5, 0.6) is 0 Å². The fraction of sp³-hybridized carbons (Fsp3) is 0.667. The second kappa shape index (κ2) is 9.69. The molecule has 1 amide bonds. The van der Waals surface area contributed by atoms with Crippen molar-refractivity contribution in [1.29, 1.82) is 0 Å². The number of nitrogens with one attached hydrogen (secondary N) is 2. The third-order valence-electron chi connectivity index (χ3n) is 5.88. The molecule has 1 aromatic carbocycles. The van der Waals surface area contributed by atoms with Gasteiger partial charge >= 0.3 is 0 Å². The number of carbonyl (C=O) groups is 1. The molecule has 0 bridgehead atoms. The lowest BCUT2D eigenvalue weighted by molar-refractivity contribution is -0.116. The smallest absolute Gasteiger partial charge is 0.224 e. The highest BCUT2D eigenvalue weighted by Crippen LogP contribution is 2.27. The summed E-state index contributed by atoms with van der Waals surface area (Å²) in [6.07, 6.45) is 8.46. The van der Waals surface area contributed by atoms with E-state index < -0.39 is 9.84 Å². The van der Waals surface area contributed by atoms with Gasteiger partial charge in [-0.25, -0.2) is 8.42 Å². The molecular weight excluding hydrogens is 360 g/mol. The van der Waals surface area contributed by atoms with Crippen LogP contribution in [0, 0.1) is 5.92 Å². The van der Waals surface area contributed by atoms with E-state index in [9.17, 15) is 13.2 Å². The molecule has 1 aliphatic heterocycles. The summed E-state index contributed by atoms with van der Waals surface area (Å²) in [7, 11) is -3.12. The molecule has 1 aromatic rings. The minimum absolute atomic E-state index is 0.0146. The van der Waals surface area contributed by atoms with Crippen molar-refractivity contribution in [2.75, 3.05) is 18.4 Å². The van der Waals surface area contributed by atoms with Gasteiger partial charge in [0.15, 0.2) is 9.84 Å². The minimum atomic E-state index is -3.12. The van der Waals surface area contributed by atoms with E-state index in [1.807, 2.05) is 24.3 Å². The normalized spacial score (nSPS) is 19.7.